The molecule has 0 heterocycles. The maximum absolute atomic E-state index is 10.9. The topological polar surface area (TPSA) is 56.8 Å². The second-order valence-corrected chi connectivity index (χ2v) is 4.00. The van der Waals surface area contributed by atoms with Crippen molar-refractivity contribution < 1.29 is 19.0 Å². The van der Waals surface area contributed by atoms with Gasteiger partial charge in [-0.1, -0.05) is 6.07 Å². The summed E-state index contributed by atoms with van der Waals surface area (Å²) >= 11 is 0. The standard InChI is InChI=1S/C14H21NO4/c1-17-12-5-4-11(13(10-12)18-2)6-8-15-9-7-14(16)19-3/h4-5,10,15H,6-9H2,1-3H3. The van der Waals surface area contributed by atoms with Gasteiger partial charge in [0.1, 0.15) is 11.5 Å². The smallest absolute Gasteiger partial charge is 0.306 e. The van der Waals surface area contributed by atoms with Gasteiger partial charge in [-0.05, 0) is 24.6 Å². The van der Waals surface area contributed by atoms with Gasteiger partial charge in [-0.3, -0.25) is 4.79 Å². The van der Waals surface area contributed by atoms with Crippen LogP contribution in [-0.2, 0) is 16.0 Å². The zero-order valence-electron chi connectivity index (χ0n) is 11.7. The second-order valence-electron chi connectivity index (χ2n) is 4.00. The average Bonchev–Trinajstić information content (AvgIpc) is 2.46. The van der Waals surface area contributed by atoms with Gasteiger partial charge >= 0.3 is 5.97 Å². The Bertz CT molecular complexity index is 406. The summed E-state index contributed by atoms with van der Waals surface area (Å²) in [5.41, 5.74) is 1.11. The maximum atomic E-state index is 10.9. The summed E-state index contributed by atoms with van der Waals surface area (Å²) in [6.45, 7) is 1.39. The monoisotopic (exact) mass is 267 g/mol. The van der Waals surface area contributed by atoms with Gasteiger partial charge in [-0.15, -0.1) is 0 Å². The highest BCUT2D eigenvalue weighted by atomic mass is 16.5. The number of carbonyl (C=O) groups excluding carboxylic acids is 1. The van der Waals surface area contributed by atoms with Crippen molar-refractivity contribution in [2.75, 3.05) is 34.4 Å². The summed E-state index contributed by atoms with van der Waals surface area (Å²) in [5, 5.41) is 3.19. The van der Waals surface area contributed by atoms with Crippen LogP contribution in [-0.4, -0.2) is 40.4 Å². The SMILES string of the molecule is COC(=O)CCNCCc1ccc(OC)cc1OC. The van der Waals surface area contributed by atoms with Crippen LogP contribution < -0.4 is 14.8 Å². The molecule has 0 atom stereocenters. The normalized spacial score (nSPS) is 10.1. The molecule has 0 aliphatic heterocycles. The first-order chi connectivity index (χ1) is 9.21. The van der Waals surface area contributed by atoms with E-state index in [1.165, 1.54) is 7.11 Å². The minimum Gasteiger partial charge on any atom is -0.497 e. The highest BCUT2D eigenvalue weighted by Gasteiger charge is 2.05. The van der Waals surface area contributed by atoms with E-state index >= 15 is 0 Å². The zero-order valence-corrected chi connectivity index (χ0v) is 11.7. The summed E-state index contributed by atoms with van der Waals surface area (Å²) in [6.07, 6.45) is 1.21. The molecule has 5 heteroatoms. The fraction of sp³-hybridized carbons (Fsp3) is 0.500. The minimum absolute atomic E-state index is 0.200. The summed E-state index contributed by atoms with van der Waals surface area (Å²) in [7, 11) is 4.66. The summed E-state index contributed by atoms with van der Waals surface area (Å²) in [5.74, 6) is 1.39. The van der Waals surface area contributed by atoms with Crippen molar-refractivity contribution in [1.82, 2.24) is 5.32 Å². The van der Waals surface area contributed by atoms with E-state index in [9.17, 15) is 4.79 Å². The van der Waals surface area contributed by atoms with Crippen LogP contribution in [0.5, 0.6) is 11.5 Å². The molecule has 0 bridgehead atoms. The molecule has 19 heavy (non-hydrogen) atoms. The van der Waals surface area contributed by atoms with Crippen LogP contribution in [0.2, 0.25) is 0 Å². The number of benzene rings is 1. The third kappa shape index (κ3) is 5.18. The minimum atomic E-state index is -0.200. The molecule has 106 valence electrons. The van der Waals surface area contributed by atoms with Crippen molar-refractivity contribution in [2.24, 2.45) is 0 Å². The van der Waals surface area contributed by atoms with Crippen molar-refractivity contribution in [3.8, 4) is 11.5 Å². The van der Waals surface area contributed by atoms with Gasteiger partial charge in [-0.2, -0.15) is 0 Å². The zero-order chi connectivity index (χ0) is 14.1. The molecule has 0 saturated heterocycles. The van der Waals surface area contributed by atoms with Gasteiger partial charge in [0.2, 0.25) is 0 Å². The average molecular weight is 267 g/mol. The number of hydrogen-bond donors (Lipinski definition) is 1. The third-order valence-corrected chi connectivity index (χ3v) is 2.80. The molecule has 1 aromatic rings. The molecular formula is C14H21NO4. The lowest BCUT2D eigenvalue weighted by atomic mass is 10.1. The first-order valence-corrected chi connectivity index (χ1v) is 6.19. The van der Waals surface area contributed by atoms with Gasteiger partial charge in [0.05, 0.1) is 27.8 Å². The van der Waals surface area contributed by atoms with Gasteiger partial charge in [0.15, 0.2) is 0 Å². The van der Waals surface area contributed by atoms with E-state index in [4.69, 9.17) is 9.47 Å². The number of ether oxygens (including phenoxy) is 3. The summed E-state index contributed by atoms with van der Waals surface area (Å²) in [4.78, 5) is 10.9. The number of rotatable bonds is 8. The Hall–Kier alpha value is -1.75. The van der Waals surface area contributed by atoms with E-state index in [0.717, 1.165) is 30.0 Å². The van der Waals surface area contributed by atoms with Gasteiger partial charge < -0.3 is 19.5 Å². The Morgan fingerprint density at radius 3 is 2.58 bits per heavy atom. The Labute approximate surface area is 113 Å². The van der Waals surface area contributed by atoms with Crippen molar-refractivity contribution >= 4 is 5.97 Å². The second kappa shape index (κ2) is 8.37. The van der Waals surface area contributed by atoms with Gasteiger partial charge in [0.25, 0.3) is 0 Å². The highest BCUT2D eigenvalue weighted by molar-refractivity contribution is 5.69. The molecule has 0 amide bonds. The van der Waals surface area contributed by atoms with Gasteiger partial charge in [-0.25, -0.2) is 0 Å². The Morgan fingerprint density at radius 1 is 1.16 bits per heavy atom. The van der Waals surface area contributed by atoms with E-state index in [1.807, 2.05) is 18.2 Å². The van der Waals surface area contributed by atoms with E-state index in [0.29, 0.717) is 13.0 Å². The summed E-state index contributed by atoms with van der Waals surface area (Å²) < 4.78 is 15.0. The molecule has 5 nitrogen and oxygen atoms in total. The van der Waals surface area contributed by atoms with E-state index in [1.54, 1.807) is 14.2 Å². The lowest BCUT2D eigenvalue weighted by molar-refractivity contribution is -0.140. The van der Waals surface area contributed by atoms with Crippen LogP contribution in [0.4, 0.5) is 0 Å². The molecule has 0 aliphatic rings. The van der Waals surface area contributed by atoms with Crippen molar-refractivity contribution in [3.63, 3.8) is 0 Å². The molecular weight excluding hydrogens is 246 g/mol. The third-order valence-electron chi connectivity index (χ3n) is 2.80. The number of carbonyl (C=O) groups is 1. The van der Waals surface area contributed by atoms with Crippen LogP contribution >= 0.6 is 0 Å². The van der Waals surface area contributed by atoms with E-state index < -0.39 is 0 Å². The van der Waals surface area contributed by atoms with Crippen molar-refractivity contribution in [3.05, 3.63) is 23.8 Å². The van der Waals surface area contributed by atoms with Crippen molar-refractivity contribution in [2.45, 2.75) is 12.8 Å². The molecule has 1 aromatic carbocycles. The molecule has 0 spiro atoms. The summed E-state index contributed by atoms with van der Waals surface area (Å²) in [6, 6.07) is 5.76. The number of hydrogen-bond acceptors (Lipinski definition) is 5. The molecule has 0 unspecified atom stereocenters. The molecule has 0 aliphatic carbocycles. The van der Waals surface area contributed by atoms with Crippen LogP contribution in [0.25, 0.3) is 0 Å². The Kier molecular flexibility index (Phi) is 6.74. The maximum Gasteiger partial charge on any atom is 0.306 e. The van der Waals surface area contributed by atoms with Gasteiger partial charge in [0, 0.05) is 12.6 Å². The Balaban J connectivity index is 2.38. The van der Waals surface area contributed by atoms with E-state index in [-0.39, 0.29) is 5.97 Å². The lowest BCUT2D eigenvalue weighted by Crippen LogP contribution is -2.21. The van der Waals surface area contributed by atoms with Crippen LogP contribution in [0, 0.1) is 0 Å². The first kappa shape index (κ1) is 15.3. The quantitative estimate of drug-likeness (QED) is 0.570. The number of nitrogens with one attached hydrogen (secondary N) is 1. The molecule has 1 rings (SSSR count). The van der Waals surface area contributed by atoms with Crippen molar-refractivity contribution in [1.29, 1.82) is 0 Å². The molecule has 0 fully saturated rings. The largest absolute Gasteiger partial charge is 0.497 e. The number of esters is 1. The molecule has 0 aromatic heterocycles. The fourth-order valence-corrected chi connectivity index (χ4v) is 1.70. The fourth-order valence-electron chi connectivity index (χ4n) is 1.70. The van der Waals surface area contributed by atoms with Crippen LogP contribution in [0.1, 0.15) is 12.0 Å². The molecule has 0 radical (unpaired) electrons. The predicted octanol–water partition coefficient (Wildman–Crippen LogP) is 1.40. The van der Waals surface area contributed by atoms with Crippen LogP contribution in [0.3, 0.4) is 0 Å². The van der Waals surface area contributed by atoms with E-state index in [2.05, 4.69) is 10.1 Å². The molecule has 1 N–H and O–H groups in total. The number of methoxy groups -OCH3 is 3. The first-order valence-electron chi connectivity index (χ1n) is 6.19. The highest BCUT2D eigenvalue weighted by Crippen LogP contribution is 2.24. The van der Waals surface area contributed by atoms with Crippen LogP contribution in [0.15, 0.2) is 18.2 Å². The molecule has 0 saturated carbocycles. The predicted molar refractivity (Wildman–Crippen MR) is 72.8 cm³/mol. The lowest BCUT2D eigenvalue weighted by Gasteiger charge is -2.10. The Morgan fingerprint density at radius 2 is 1.95 bits per heavy atom.